The quantitative estimate of drug-likeness (QED) is 0.808. The topological polar surface area (TPSA) is 38.3 Å². The summed E-state index contributed by atoms with van der Waals surface area (Å²) in [5, 5.41) is 3.80. The average molecular weight is 330 g/mol. The molecule has 4 heteroatoms. The van der Waals surface area contributed by atoms with Crippen molar-refractivity contribution >= 4 is 17.4 Å². The molecule has 0 aliphatic carbocycles. The van der Waals surface area contributed by atoms with Crippen LogP contribution in [0.4, 0.5) is 0 Å². The third-order valence-electron chi connectivity index (χ3n) is 4.57. The van der Waals surface area contributed by atoms with Crippen molar-refractivity contribution in [3.63, 3.8) is 0 Å². The van der Waals surface area contributed by atoms with E-state index in [0.29, 0.717) is 22.1 Å². The number of ether oxygens (including phenoxy) is 1. The van der Waals surface area contributed by atoms with Crippen molar-refractivity contribution in [3.8, 4) is 11.5 Å². The number of Topliss-reactive ketones (excluding diaryl/α,β-unsaturated/α-hetero) is 1. The number of para-hydroxylation sites is 1. The molecule has 0 radical (unpaired) electrons. The van der Waals surface area contributed by atoms with E-state index < -0.39 is 0 Å². The average Bonchev–Trinajstić information content (AvgIpc) is 3.07. The molecule has 1 aliphatic heterocycles. The highest BCUT2D eigenvalue weighted by Gasteiger charge is 2.39. The summed E-state index contributed by atoms with van der Waals surface area (Å²) < 4.78 is 5.83. The van der Waals surface area contributed by atoms with Gasteiger partial charge in [0.25, 0.3) is 0 Å². The maximum absolute atomic E-state index is 13.0. The van der Waals surface area contributed by atoms with Crippen molar-refractivity contribution < 1.29 is 9.53 Å². The summed E-state index contributed by atoms with van der Waals surface area (Å²) >= 11 is 6.23. The fourth-order valence-electron chi connectivity index (χ4n) is 3.04. The Balaban J connectivity index is 1.89. The Labute approximate surface area is 141 Å². The third-order valence-corrected chi connectivity index (χ3v) is 4.88. The van der Waals surface area contributed by atoms with E-state index in [0.717, 1.165) is 25.9 Å². The van der Waals surface area contributed by atoms with Gasteiger partial charge in [-0.3, -0.25) is 4.79 Å². The lowest BCUT2D eigenvalue weighted by atomic mass is 9.77. The molecule has 1 saturated heterocycles. The molecular formula is C19H20ClNO2. The first-order valence-corrected chi connectivity index (χ1v) is 8.30. The lowest BCUT2D eigenvalue weighted by Gasteiger charge is -2.25. The zero-order chi connectivity index (χ0) is 16.3. The van der Waals surface area contributed by atoms with Gasteiger partial charge in [0.1, 0.15) is 11.5 Å². The van der Waals surface area contributed by atoms with Crippen LogP contribution in [0, 0.1) is 5.41 Å². The van der Waals surface area contributed by atoms with Crippen molar-refractivity contribution in [3.05, 3.63) is 59.1 Å². The van der Waals surface area contributed by atoms with E-state index in [2.05, 4.69) is 12.2 Å². The number of benzene rings is 2. The molecule has 2 aromatic carbocycles. The van der Waals surface area contributed by atoms with Crippen molar-refractivity contribution in [1.29, 1.82) is 0 Å². The first-order valence-electron chi connectivity index (χ1n) is 7.92. The summed E-state index contributed by atoms with van der Waals surface area (Å²) in [6, 6.07) is 14.7. The molecule has 0 saturated carbocycles. The molecule has 3 rings (SSSR count). The second-order valence-electron chi connectivity index (χ2n) is 5.95. The van der Waals surface area contributed by atoms with Gasteiger partial charge in [-0.1, -0.05) is 36.7 Å². The van der Waals surface area contributed by atoms with E-state index in [1.165, 1.54) is 0 Å². The minimum absolute atomic E-state index is 0.166. The first-order chi connectivity index (χ1) is 11.1. The maximum atomic E-state index is 13.0. The molecule has 3 nitrogen and oxygen atoms in total. The van der Waals surface area contributed by atoms with E-state index >= 15 is 0 Å². The molecule has 0 aromatic heterocycles. The Morgan fingerprint density at radius 2 is 2.04 bits per heavy atom. The summed E-state index contributed by atoms with van der Waals surface area (Å²) in [5.41, 5.74) is 0.351. The molecule has 2 aromatic rings. The minimum atomic E-state index is -0.308. The van der Waals surface area contributed by atoms with Gasteiger partial charge < -0.3 is 10.1 Å². The molecule has 23 heavy (non-hydrogen) atoms. The van der Waals surface area contributed by atoms with E-state index in [1.807, 2.05) is 30.3 Å². The number of carbonyl (C=O) groups excluding carboxylic acids is 1. The number of hydrogen-bond acceptors (Lipinski definition) is 3. The van der Waals surface area contributed by atoms with Crippen LogP contribution in [0.2, 0.25) is 5.02 Å². The molecular weight excluding hydrogens is 310 g/mol. The Morgan fingerprint density at radius 3 is 2.70 bits per heavy atom. The van der Waals surface area contributed by atoms with E-state index in [-0.39, 0.29) is 11.2 Å². The maximum Gasteiger partial charge on any atom is 0.170 e. The first kappa shape index (κ1) is 16.0. The SMILES string of the molecule is CCC1(C(=O)c2ccc(Cl)c(Oc3ccccc3)c2)CCNC1. The molecule has 1 N–H and O–H groups in total. The van der Waals surface area contributed by atoms with E-state index in [9.17, 15) is 4.79 Å². The predicted octanol–water partition coefficient (Wildman–Crippen LogP) is 4.70. The van der Waals surface area contributed by atoms with Crippen LogP contribution < -0.4 is 10.1 Å². The van der Waals surface area contributed by atoms with Gasteiger partial charge in [-0.2, -0.15) is 0 Å². The molecule has 1 fully saturated rings. The van der Waals surface area contributed by atoms with Gasteiger partial charge in [-0.15, -0.1) is 0 Å². The van der Waals surface area contributed by atoms with Gasteiger partial charge in [-0.05, 0) is 49.7 Å². The highest BCUT2D eigenvalue weighted by Crippen LogP contribution is 2.36. The normalized spacial score (nSPS) is 20.4. The number of ketones is 1. The lowest BCUT2D eigenvalue weighted by Crippen LogP contribution is -2.32. The molecule has 1 heterocycles. The van der Waals surface area contributed by atoms with E-state index in [1.54, 1.807) is 18.2 Å². The van der Waals surface area contributed by atoms with Crippen LogP contribution >= 0.6 is 11.6 Å². The van der Waals surface area contributed by atoms with Gasteiger partial charge in [0.05, 0.1) is 5.02 Å². The van der Waals surface area contributed by atoms with Crippen LogP contribution in [0.1, 0.15) is 30.1 Å². The molecule has 120 valence electrons. The highest BCUT2D eigenvalue weighted by molar-refractivity contribution is 6.32. The number of carbonyl (C=O) groups is 1. The summed E-state index contributed by atoms with van der Waals surface area (Å²) in [7, 11) is 0. The van der Waals surface area contributed by atoms with Crippen molar-refractivity contribution in [1.82, 2.24) is 5.32 Å². The summed E-state index contributed by atoms with van der Waals surface area (Å²) in [6.07, 6.45) is 1.70. The van der Waals surface area contributed by atoms with Crippen LogP contribution in [0.25, 0.3) is 0 Å². The Kier molecular flexibility index (Phi) is 4.69. The number of nitrogens with one attached hydrogen (secondary N) is 1. The van der Waals surface area contributed by atoms with Gasteiger partial charge in [0.2, 0.25) is 0 Å². The Hall–Kier alpha value is -1.84. The largest absolute Gasteiger partial charge is 0.456 e. The second kappa shape index (κ2) is 6.73. The van der Waals surface area contributed by atoms with Gasteiger partial charge >= 0.3 is 0 Å². The molecule has 0 bridgehead atoms. The fraction of sp³-hybridized carbons (Fsp3) is 0.316. The summed E-state index contributed by atoms with van der Waals surface area (Å²) in [4.78, 5) is 13.0. The Morgan fingerprint density at radius 1 is 1.26 bits per heavy atom. The highest BCUT2D eigenvalue weighted by atomic mass is 35.5. The van der Waals surface area contributed by atoms with Crippen LogP contribution in [0.5, 0.6) is 11.5 Å². The van der Waals surface area contributed by atoms with Crippen LogP contribution in [-0.2, 0) is 0 Å². The second-order valence-corrected chi connectivity index (χ2v) is 6.36. The smallest absolute Gasteiger partial charge is 0.170 e. The van der Waals surface area contributed by atoms with Crippen LogP contribution in [0.3, 0.4) is 0 Å². The van der Waals surface area contributed by atoms with Gasteiger partial charge in [-0.25, -0.2) is 0 Å². The number of rotatable bonds is 5. The predicted molar refractivity (Wildman–Crippen MR) is 92.5 cm³/mol. The fourth-order valence-corrected chi connectivity index (χ4v) is 3.20. The van der Waals surface area contributed by atoms with Crippen molar-refractivity contribution in [2.24, 2.45) is 5.41 Å². The minimum Gasteiger partial charge on any atom is -0.456 e. The van der Waals surface area contributed by atoms with E-state index in [4.69, 9.17) is 16.3 Å². The number of hydrogen-bond donors (Lipinski definition) is 1. The van der Waals surface area contributed by atoms with Crippen molar-refractivity contribution in [2.75, 3.05) is 13.1 Å². The molecule has 1 aliphatic rings. The molecule has 1 unspecified atom stereocenters. The van der Waals surface area contributed by atoms with Crippen LogP contribution in [-0.4, -0.2) is 18.9 Å². The molecule has 0 spiro atoms. The van der Waals surface area contributed by atoms with Crippen molar-refractivity contribution in [2.45, 2.75) is 19.8 Å². The standard InChI is InChI=1S/C19H20ClNO2/c1-2-19(10-11-21-13-19)18(22)14-8-9-16(20)17(12-14)23-15-6-4-3-5-7-15/h3-9,12,21H,2,10-11,13H2,1H3. The van der Waals surface area contributed by atoms with Gasteiger partial charge in [0.15, 0.2) is 5.78 Å². The molecule has 0 amide bonds. The molecule has 1 atom stereocenters. The zero-order valence-corrected chi connectivity index (χ0v) is 13.9. The summed E-state index contributed by atoms with van der Waals surface area (Å²) in [5.74, 6) is 1.38. The zero-order valence-electron chi connectivity index (χ0n) is 13.1. The lowest BCUT2D eigenvalue weighted by molar-refractivity contribution is 0.0810. The number of halogens is 1. The van der Waals surface area contributed by atoms with Gasteiger partial charge in [0, 0.05) is 17.5 Å². The third kappa shape index (κ3) is 3.26. The van der Waals surface area contributed by atoms with Crippen LogP contribution in [0.15, 0.2) is 48.5 Å². The monoisotopic (exact) mass is 329 g/mol. The Bertz CT molecular complexity index is 694. The summed E-state index contributed by atoms with van der Waals surface area (Å²) in [6.45, 7) is 3.70.